The third kappa shape index (κ3) is 3.83. The minimum atomic E-state index is 0.908. The number of fused-ring (bicyclic) bond motifs is 1. The molecular formula is C15H21N3S. The van der Waals surface area contributed by atoms with E-state index in [-0.39, 0.29) is 0 Å². The minimum absolute atomic E-state index is 0.908. The van der Waals surface area contributed by atoms with Gasteiger partial charge in [0.2, 0.25) is 0 Å². The number of aromatic nitrogens is 2. The Balaban J connectivity index is 1.96. The molecule has 0 saturated carbocycles. The third-order valence-electron chi connectivity index (χ3n) is 3.19. The number of unbranched alkanes of at least 4 members (excludes halogenated alkanes) is 2. The van der Waals surface area contributed by atoms with Crippen LogP contribution in [0, 0.1) is 6.92 Å². The van der Waals surface area contributed by atoms with Gasteiger partial charge in [-0.25, -0.2) is 0 Å². The highest BCUT2D eigenvalue weighted by molar-refractivity contribution is 7.98. The lowest BCUT2D eigenvalue weighted by Crippen LogP contribution is -2.05. The molecule has 2 rings (SSSR count). The highest BCUT2D eigenvalue weighted by Gasteiger charge is 2.04. The highest BCUT2D eigenvalue weighted by atomic mass is 32.2. The van der Waals surface area contributed by atoms with Crippen LogP contribution >= 0.6 is 11.8 Å². The van der Waals surface area contributed by atoms with E-state index in [1.807, 2.05) is 30.8 Å². The average molecular weight is 275 g/mol. The van der Waals surface area contributed by atoms with Crippen LogP contribution in [-0.2, 0) is 0 Å². The Hall–Kier alpha value is -1.29. The SMILES string of the molecule is CSCCCCCNc1nnc(C)c2ccccc12. The van der Waals surface area contributed by atoms with Crippen molar-refractivity contribution in [3.8, 4) is 0 Å². The van der Waals surface area contributed by atoms with E-state index in [2.05, 4.69) is 33.9 Å². The van der Waals surface area contributed by atoms with Crippen LogP contribution in [0.5, 0.6) is 0 Å². The fraction of sp³-hybridized carbons (Fsp3) is 0.467. The van der Waals surface area contributed by atoms with Crippen LogP contribution in [0.1, 0.15) is 25.0 Å². The van der Waals surface area contributed by atoms with Gasteiger partial charge >= 0.3 is 0 Å². The Morgan fingerprint density at radius 3 is 2.63 bits per heavy atom. The molecule has 0 aliphatic rings. The third-order valence-corrected chi connectivity index (χ3v) is 3.89. The molecule has 1 heterocycles. The Morgan fingerprint density at radius 2 is 1.84 bits per heavy atom. The summed E-state index contributed by atoms with van der Waals surface area (Å²) in [6, 6.07) is 8.30. The van der Waals surface area contributed by atoms with Crippen LogP contribution in [0.25, 0.3) is 10.8 Å². The van der Waals surface area contributed by atoms with Crippen molar-refractivity contribution in [3.05, 3.63) is 30.0 Å². The first-order valence-electron chi connectivity index (χ1n) is 6.78. The summed E-state index contributed by atoms with van der Waals surface area (Å²) in [5.74, 6) is 2.17. The van der Waals surface area contributed by atoms with Crippen molar-refractivity contribution in [1.82, 2.24) is 10.2 Å². The Kier molecular flexibility index (Phi) is 5.45. The fourth-order valence-electron chi connectivity index (χ4n) is 2.12. The Bertz CT molecular complexity index is 528. The first kappa shape index (κ1) is 14.1. The molecule has 0 saturated heterocycles. The van der Waals surface area contributed by atoms with Gasteiger partial charge < -0.3 is 5.32 Å². The Labute approximate surface area is 119 Å². The second-order valence-corrected chi connectivity index (χ2v) is 5.65. The van der Waals surface area contributed by atoms with E-state index >= 15 is 0 Å². The predicted molar refractivity (Wildman–Crippen MR) is 85.0 cm³/mol. The second kappa shape index (κ2) is 7.34. The van der Waals surface area contributed by atoms with E-state index in [9.17, 15) is 0 Å². The first-order chi connectivity index (χ1) is 9.33. The van der Waals surface area contributed by atoms with E-state index in [1.54, 1.807) is 0 Å². The molecule has 0 radical (unpaired) electrons. The van der Waals surface area contributed by atoms with Crippen LogP contribution in [-0.4, -0.2) is 28.8 Å². The van der Waals surface area contributed by atoms with Gasteiger partial charge in [-0.15, -0.1) is 5.10 Å². The zero-order valence-corrected chi connectivity index (χ0v) is 12.5. The fourth-order valence-corrected chi connectivity index (χ4v) is 2.62. The maximum Gasteiger partial charge on any atom is 0.156 e. The summed E-state index contributed by atoms with van der Waals surface area (Å²) in [5.41, 5.74) is 0.987. The van der Waals surface area contributed by atoms with Crippen LogP contribution in [0.15, 0.2) is 24.3 Å². The van der Waals surface area contributed by atoms with Crippen molar-refractivity contribution in [2.24, 2.45) is 0 Å². The van der Waals surface area contributed by atoms with Gasteiger partial charge in [-0.3, -0.25) is 0 Å². The summed E-state index contributed by atoms with van der Waals surface area (Å²) < 4.78 is 0. The number of nitrogens with zero attached hydrogens (tertiary/aromatic N) is 2. The molecule has 0 atom stereocenters. The molecule has 4 heteroatoms. The summed E-state index contributed by atoms with van der Waals surface area (Å²) in [4.78, 5) is 0. The first-order valence-corrected chi connectivity index (χ1v) is 8.17. The maximum absolute atomic E-state index is 4.28. The number of hydrogen-bond donors (Lipinski definition) is 1. The van der Waals surface area contributed by atoms with Gasteiger partial charge in [-0.2, -0.15) is 16.9 Å². The topological polar surface area (TPSA) is 37.8 Å². The molecule has 1 N–H and O–H groups in total. The molecule has 0 amide bonds. The number of hydrogen-bond acceptors (Lipinski definition) is 4. The number of nitrogens with one attached hydrogen (secondary N) is 1. The molecule has 1 aromatic carbocycles. The average Bonchev–Trinajstić information content (AvgIpc) is 2.45. The van der Waals surface area contributed by atoms with Crippen molar-refractivity contribution in [3.63, 3.8) is 0 Å². The standard InChI is InChI=1S/C15H21N3S/c1-12-13-8-4-5-9-14(13)15(18-17-12)16-10-6-3-7-11-19-2/h4-5,8-9H,3,6-7,10-11H2,1-2H3,(H,16,18). The van der Waals surface area contributed by atoms with Crippen molar-refractivity contribution >= 4 is 28.4 Å². The molecule has 0 spiro atoms. The second-order valence-electron chi connectivity index (χ2n) is 4.66. The van der Waals surface area contributed by atoms with E-state index in [0.717, 1.165) is 18.1 Å². The van der Waals surface area contributed by atoms with Gasteiger partial charge in [-0.1, -0.05) is 30.7 Å². The van der Waals surface area contributed by atoms with Crippen molar-refractivity contribution in [2.75, 3.05) is 23.9 Å². The molecule has 0 unspecified atom stereocenters. The zero-order valence-electron chi connectivity index (χ0n) is 11.6. The van der Waals surface area contributed by atoms with E-state index in [0.29, 0.717) is 0 Å². The predicted octanol–water partition coefficient (Wildman–Crippen LogP) is 3.88. The number of thioether (sulfide) groups is 1. The zero-order chi connectivity index (χ0) is 13.5. The normalized spacial score (nSPS) is 10.8. The van der Waals surface area contributed by atoms with Gasteiger partial charge in [0, 0.05) is 17.3 Å². The highest BCUT2D eigenvalue weighted by Crippen LogP contribution is 2.22. The van der Waals surface area contributed by atoms with Crippen molar-refractivity contribution in [2.45, 2.75) is 26.2 Å². The number of aryl methyl sites for hydroxylation is 1. The number of benzene rings is 1. The molecule has 0 bridgehead atoms. The van der Waals surface area contributed by atoms with Gasteiger partial charge in [0.15, 0.2) is 5.82 Å². The largest absolute Gasteiger partial charge is 0.368 e. The molecule has 19 heavy (non-hydrogen) atoms. The summed E-state index contributed by atoms with van der Waals surface area (Å²) in [7, 11) is 0. The molecule has 0 fully saturated rings. The van der Waals surface area contributed by atoms with Gasteiger partial charge in [-0.05, 0) is 31.8 Å². The molecule has 2 aromatic rings. The lowest BCUT2D eigenvalue weighted by Gasteiger charge is -2.09. The summed E-state index contributed by atoms with van der Waals surface area (Å²) in [5, 5.41) is 14.3. The van der Waals surface area contributed by atoms with Crippen LogP contribution in [0.4, 0.5) is 5.82 Å². The lowest BCUT2D eigenvalue weighted by molar-refractivity contribution is 0.747. The monoisotopic (exact) mass is 275 g/mol. The number of rotatable bonds is 7. The summed E-state index contributed by atoms with van der Waals surface area (Å²) >= 11 is 1.92. The van der Waals surface area contributed by atoms with E-state index in [4.69, 9.17) is 0 Å². The summed E-state index contributed by atoms with van der Waals surface area (Å²) in [6.45, 7) is 2.97. The molecule has 102 valence electrons. The lowest BCUT2D eigenvalue weighted by atomic mass is 10.1. The Morgan fingerprint density at radius 1 is 1.05 bits per heavy atom. The molecule has 0 aliphatic heterocycles. The minimum Gasteiger partial charge on any atom is -0.368 e. The van der Waals surface area contributed by atoms with Crippen LogP contribution in [0.3, 0.4) is 0 Å². The molecular weight excluding hydrogens is 254 g/mol. The smallest absolute Gasteiger partial charge is 0.156 e. The quantitative estimate of drug-likeness (QED) is 0.778. The molecule has 3 nitrogen and oxygen atoms in total. The van der Waals surface area contributed by atoms with Crippen LogP contribution < -0.4 is 5.32 Å². The number of anilines is 1. The molecule has 0 aliphatic carbocycles. The molecule has 1 aromatic heterocycles. The van der Waals surface area contributed by atoms with Gasteiger partial charge in [0.05, 0.1) is 5.69 Å². The maximum atomic E-state index is 4.28. The van der Waals surface area contributed by atoms with E-state index in [1.165, 1.54) is 35.8 Å². The summed E-state index contributed by atoms with van der Waals surface area (Å²) in [6.07, 6.45) is 5.91. The van der Waals surface area contributed by atoms with Crippen molar-refractivity contribution in [1.29, 1.82) is 0 Å². The van der Waals surface area contributed by atoms with E-state index < -0.39 is 0 Å². The van der Waals surface area contributed by atoms with Crippen LogP contribution in [0.2, 0.25) is 0 Å². The van der Waals surface area contributed by atoms with Gasteiger partial charge in [0.25, 0.3) is 0 Å². The van der Waals surface area contributed by atoms with Gasteiger partial charge in [0.1, 0.15) is 0 Å². The van der Waals surface area contributed by atoms with Crippen molar-refractivity contribution < 1.29 is 0 Å².